The molecule has 0 fully saturated rings. The van der Waals surface area contributed by atoms with Crippen LogP contribution in [0.3, 0.4) is 0 Å². The first-order chi connectivity index (χ1) is 15.4. The standard InChI is InChI=1S/C20H21.C9H13.C2H6Si.2ClH.Zr/c1-12-13(2)15(4)20(16(5)14(12)3)19-11-10-17-8-6-7-9-18(17)19;1-6-5-7(2)9(4)8(6)3;1-3-2;;;/h6-11H,1-5H3;6H,1-4H3;1-2H3;2*1H;/q2*-1;;;;+2. The monoisotopic (exact) mass is 602 g/mol. The smallest absolute Gasteiger partial charge is 0.0392 e. The van der Waals surface area contributed by atoms with Crippen molar-refractivity contribution in [2.45, 2.75) is 75.4 Å². The Morgan fingerprint density at radius 2 is 1.26 bits per heavy atom. The molecule has 3 aromatic rings. The molecule has 0 heterocycles. The van der Waals surface area contributed by atoms with Crippen molar-refractivity contribution < 1.29 is 23.3 Å². The van der Waals surface area contributed by atoms with Gasteiger partial charge in [0.05, 0.1) is 0 Å². The summed E-state index contributed by atoms with van der Waals surface area (Å²) in [7, 11) is 0. The van der Waals surface area contributed by atoms with Gasteiger partial charge >= 0.3 is 41.9 Å². The molecule has 35 heavy (non-hydrogen) atoms. The molecule has 0 amide bonds. The summed E-state index contributed by atoms with van der Waals surface area (Å²) in [5.74, 6) is 0.560. The Morgan fingerprint density at radius 3 is 1.66 bits per heavy atom. The van der Waals surface area contributed by atoms with E-state index in [1.165, 1.54) is 66.4 Å². The number of hydrogen-bond donors (Lipinski definition) is 0. The molecule has 4 heteroatoms. The van der Waals surface area contributed by atoms with Crippen LogP contribution in [0, 0.1) is 46.6 Å². The van der Waals surface area contributed by atoms with Crippen molar-refractivity contribution >= 4 is 41.0 Å². The molecule has 0 saturated heterocycles. The number of halogens is 2. The van der Waals surface area contributed by atoms with Gasteiger partial charge in [0.25, 0.3) is 0 Å². The molecular formula is C31H42Cl2SiZr. The Morgan fingerprint density at radius 1 is 0.800 bits per heavy atom. The van der Waals surface area contributed by atoms with E-state index in [0.29, 0.717) is 5.92 Å². The van der Waals surface area contributed by atoms with Gasteiger partial charge in [0.2, 0.25) is 0 Å². The van der Waals surface area contributed by atoms with Crippen LogP contribution in [0.5, 0.6) is 0 Å². The molecule has 0 saturated carbocycles. The summed E-state index contributed by atoms with van der Waals surface area (Å²) < 4.78 is 0. The van der Waals surface area contributed by atoms with Gasteiger partial charge in [-0.2, -0.15) is 11.1 Å². The molecule has 3 aromatic carbocycles. The quantitative estimate of drug-likeness (QED) is 0.192. The number of fused-ring (bicyclic) bond motifs is 1. The van der Waals surface area contributed by atoms with Crippen LogP contribution in [-0.2, 0) is 23.3 Å². The first-order valence-electron chi connectivity index (χ1n) is 11.9. The molecule has 0 nitrogen and oxygen atoms in total. The summed E-state index contributed by atoms with van der Waals surface area (Å²) in [5.41, 5.74) is 14.4. The Labute approximate surface area is 242 Å². The molecule has 188 valence electrons. The molecular weight excluding hydrogens is 563 g/mol. The van der Waals surface area contributed by atoms with E-state index < -0.39 is 0 Å². The zero-order chi connectivity index (χ0) is 25.0. The first kappa shape index (κ1) is 34.2. The van der Waals surface area contributed by atoms with Crippen LogP contribution >= 0.6 is 24.8 Å². The van der Waals surface area contributed by atoms with Crippen LogP contribution in [0.4, 0.5) is 0 Å². The molecule has 4 rings (SSSR count). The van der Waals surface area contributed by atoms with Gasteiger partial charge in [-0.3, -0.25) is 6.08 Å². The largest absolute Gasteiger partial charge is 0.150 e. The van der Waals surface area contributed by atoms with Gasteiger partial charge in [0.1, 0.15) is 0 Å². The summed E-state index contributed by atoms with van der Waals surface area (Å²) in [6.07, 6.45) is 3.36. The average molecular weight is 605 g/mol. The second-order valence-electron chi connectivity index (χ2n) is 9.63. The molecule has 0 N–H and O–H groups in total. The molecule has 1 atom stereocenters. The minimum Gasteiger partial charge on any atom is -0.150 e. The number of allylic oxidation sites excluding steroid dienone is 4. The van der Waals surface area contributed by atoms with Crippen molar-refractivity contribution in [1.82, 2.24) is 0 Å². The fourth-order valence-corrected chi connectivity index (χ4v) is 4.43. The van der Waals surface area contributed by atoms with Crippen molar-refractivity contribution in [3.63, 3.8) is 0 Å². The second-order valence-corrected chi connectivity index (χ2v) is 19.0. The Balaban J connectivity index is 0.000000649. The SMILES string of the molecule is CC1=[C-]C(C)C(C)=C1C.C[Si](C)=[Zr+2].Cc1c(C)c(C)c(-c2c[cH-]c3ccccc23)c(C)c1C.Cl.Cl. The molecule has 0 aliphatic heterocycles. The Hall–Kier alpha value is -0.790. The van der Waals surface area contributed by atoms with Gasteiger partial charge in [-0.05, 0) is 62.4 Å². The minimum atomic E-state index is 0. The van der Waals surface area contributed by atoms with Crippen LogP contribution in [-0.4, -0.2) is 5.43 Å². The van der Waals surface area contributed by atoms with Crippen LogP contribution in [0.2, 0.25) is 13.1 Å². The Kier molecular flexibility index (Phi) is 14.5. The molecule has 1 aliphatic rings. The van der Waals surface area contributed by atoms with Gasteiger partial charge in [-0.15, -0.1) is 78.4 Å². The zero-order valence-corrected chi connectivity index (χ0v) is 28.4. The number of hydrogen-bond acceptors (Lipinski definition) is 0. The van der Waals surface area contributed by atoms with Gasteiger partial charge in [0.15, 0.2) is 0 Å². The first-order valence-corrected chi connectivity index (χ1v) is 18.1. The third kappa shape index (κ3) is 8.10. The second kappa shape index (κ2) is 14.8. The summed E-state index contributed by atoms with van der Waals surface area (Å²) in [5, 5.41) is 2.69. The third-order valence-electron chi connectivity index (χ3n) is 7.19. The third-order valence-corrected chi connectivity index (χ3v) is 7.19. The molecule has 1 unspecified atom stereocenters. The molecule has 0 aromatic heterocycles. The maximum absolute atomic E-state index is 3.36. The van der Waals surface area contributed by atoms with Crippen molar-refractivity contribution in [3.8, 4) is 11.1 Å². The molecule has 0 bridgehead atoms. The molecule has 0 radical (unpaired) electrons. The van der Waals surface area contributed by atoms with Gasteiger partial charge in [0, 0.05) is 0 Å². The van der Waals surface area contributed by atoms with Gasteiger partial charge in [-0.1, -0.05) is 38.3 Å². The summed E-state index contributed by atoms with van der Waals surface area (Å²) in [4.78, 5) is 0. The van der Waals surface area contributed by atoms with E-state index in [0.717, 1.165) is 0 Å². The summed E-state index contributed by atoms with van der Waals surface area (Å²) in [6, 6.07) is 13.2. The van der Waals surface area contributed by atoms with Crippen molar-refractivity contribution in [2.75, 3.05) is 0 Å². The maximum Gasteiger partial charge on any atom is -0.0392 e. The molecule has 0 spiro atoms. The topological polar surface area (TPSA) is 0 Å². The Bertz CT molecular complexity index is 1210. The number of rotatable bonds is 1. The van der Waals surface area contributed by atoms with E-state index in [9.17, 15) is 0 Å². The minimum absolute atomic E-state index is 0. The predicted octanol–water partition coefficient (Wildman–Crippen LogP) is 10.1. The number of benzene rings is 2. The van der Waals surface area contributed by atoms with E-state index in [4.69, 9.17) is 0 Å². The normalized spacial score (nSPS) is 14.2. The maximum atomic E-state index is 3.36. The molecule has 1 aliphatic carbocycles. The van der Waals surface area contributed by atoms with Crippen LogP contribution in [0.15, 0.2) is 53.1 Å². The van der Waals surface area contributed by atoms with Crippen molar-refractivity contribution in [2.24, 2.45) is 5.92 Å². The van der Waals surface area contributed by atoms with Crippen LogP contribution in [0.1, 0.15) is 55.5 Å². The fraction of sp³-hybridized carbons (Fsp3) is 0.387. The van der Waals surface area contributed by atoms with Gasteiger partial charge < -0.3 is 0 Å². The average Bonchev–Trinajstić information content (AvgIpc) is 3.28. The van der Waals surface area contributed by atoms with E-state index in [-0.39, 0.29) is 30.2 Å². The summed E-state index contributed by atoms with van der Waals surface area (Å²) >= 11 is 1.74. The van der Waals surface area contributed by atoms with Gasteiger partial charge in [-0.25, -0.2) is 5.57 Å². The zero-order valence-electron chi connectivity index (χ0n) is 23.4. The fourth-order valence-electron chi connectivity index (χ4n) is 4.43. The predicted molar refractivity (Wildman–Crippen MR) is 161 cm³/mol. The van der Waals surface area contributed by atoms with Crippen LogP contribution < -0.4 is 0 Å². The van der Waals surface area contributed by atoms with Crippen LogP contribution in [0.25, 0.3) is 21.9 Å². The van der Waals surface area contributed by atoms with E-state index in [1.54, 1.807) is 23.3 Å². The van der Waals surface area contributed by atoms with E-state index in [2.05, 4.69) is 118 Å². The van der Waals surface area contributed by atoms with Crippen molar-refractivity contribution in [3.05, 3.63) is 87.0 Å². The summed E-state index contributed by atoms with van der Waals surface area (Å²) in [6.45, 7) is 24.5. The van der Waals surface area contributed by atoms with E-state index >= 15 is 0 Å². The van der Waals surface area contributed by atoms with Crippen molar-refractivity contribution in [1.29, 1.82) is 0 Å². The van der Waals surface area contributed by atoms with E-state index in [1.807, 2.05) is 0 Å².